The van der Waals surface area contributed by atoms with Gasteiger partial charge in [-0.1, -0.05) is 24.3 Å². The van der Waals surface area contributed by atoms with Gasteiger partial charge >= 0.3 is 0 Å². The lowest BCUT2D eigenvalue weighted by Crippen LogP contribution is -2.45. The van der Waals surface area contributed by atoms with Gasteiger partial charge in [0.15, 0.2) is 0 Å². The summed E-state index contributed by atoms with van der Waals surface area (Å²) in [6.45, 7) is -0.699. The third kappa shape index (κ3) is 5.76. The minimum atomic E-state index is -0.644. The summed E-state index contributed by atoms with van der Waals surface area (Å²) >= 11 is 1.18. The third-order valence-corrected chi connectivity index (χ3v) is 6.68. The molecular formula is C26H23F2N3O3S. The summed E-state index contributed by atoms with van der Waals surface area (Å²) in [4.78, 5) is 22.6. The van der Waals surface area contributed by atoms with Gasteiger partial charge in [0.05, 0.1) is 29.2 Å². The van der Waals surface area contributed by atoms with E-state index < -0.39 is 23.7 Å². The van der Waals surface area contributed by atoms with Crippen LogP contribution in [0.25, 0.3) is 21.0 Å². The maximum absolute atomic E-state index is 15.0. The van der Waals surface area contributed by atoms with Crippen LogP contribution in [0.3, 0.4) is 0 Å². The van der Waals surface area contributed by atoms with Crippen LogP contribution in [0.4, 0.5) is 8.78 Å². The number of rotatable bonds is 9. The molecule has 180 valence electrons. The number of hydrogen-bond donors (Lipinski definition) is 3. The summed E-state index contributed by atoms with van der Waals surface area (Å²) in [5.74, 6) is -2.18. The van der Waals surface area contributed by atoms with E-state index in [1.807, 2.05) is 0 Å². The van der Waals surface area contributed by atoms with Crippen molar-refractivity contribution in [3.8, 4) is 21.0 Å². The normalized spacial score (nSPS) is 12.0. The average molecular weight is 496 g/mol. The van der Waals surface area contributed by atoms with Gasteiger partial charge in [0.1, 0.15) is 16.6 Å². The van der Waals surface area contributed by atoms with Crippen LogP contribution >= 0.6 is 11.3 Å². The number of amides is 1. The third-order valence-electron chi connectivity index (χ3n) is 5.62. The zero-order valence-electron chi connectivity index (χ0n) is 18.6. The van der Waals surface area contributed by atoms with E-state index in [0.29, 0.717) is 15.6 Å². The van der Waals surface area contributed by atoms with E-state index in [0.717, 1.165) is 5.56 Å². The number of nitrogens with zero attached hydrogens (tertiary/aromatic N) is 2. The van der Waals surface area contributed by atoms with Crippen LogP contribution in [0.5, 0.6) is 0 Å². The molecule has 0 saturated carbocycles. The minimum absolute atomic E-state index is 0.0458. The van der Waals surface area contributed by atoms with Gasteiger partial charge in [0.25, 0.3) is 5.91 Å². The lowest BCUT2D eigenvalue weighted by atomic mass is 9.95. The molecule has 0 aliphatic heterocycles. The zero-order chi connectivity index (χ0) is 24.8. The number of carbonyl (C=O) groups is 1. The van der Waals surface area contributed by atoms with Gasteiger partial charge < -0.3 is 15.5 Å². The number of thiazole rings is 1. The molecular weight excluding hydrogens is 472 g/mol. The lowest BCUT2D eigenvalue weighted by molar-refractivity contribution is 0.0848. The van der Waals surface area contributed by atoms with Crippen molar-refractivity contribution in [2.45, 2.75) is 12.5 Å². The van der Waals surface area contributed by atoms with Crippen molar-refractivity contribution >= 4 is 17.2 Å². The van der Waals surface area contributed by atoms with E-state index in [9.17, 15) is 23.8 Å². The van der Waals surface area contributed by atoms with Crippen LogP contribution in [0, 0.1) is 17.6 Å². The second-order valence-corrected chi connectivity index (χ2v) is 8.96. The first-order chi connectivity index (χ1) is 17.0. The van der Waals surface area contributed by atoms with Crippen LogP contribution in [0.2, 0.25) is 0 Å². The number of carbonyl (C=O) groups excluding carboxylic acids is 1. The van der Waals surface area contributed by atoms with Gasteiger partial charge in [0, 0.05) is 36.5 Å². The Labute approximate surface area is 205 Å². The van der Waals surface area contributed by atoms with Crippen molar-refractivity contribution in [3.63, 3.8) is 0 Å². The predicted octanol–water partition coefficient (Wildman–Crippen LogP) is 4.09. The topological polar surface area (TPSA) is 95.3 Å². The molecule has 0 aliphatic carbocycles. The van der Waals surface area contributed by atoms with Crippen molar-refractivity contribution < 1.29 is 23.8 Å². The molecule has 0 bridgehead atoms. The number of hydrogen-bond acceptors (Lipinski definition) is 6. The molecule has 2 aromatic heterocycles. The smallest absolute Gasteiger partial charge is 0.252 e. The number of aromatic nitrogens is 2. The summed E-state index contributed by atoms with van der Waals surface area (Å²) < 4.78 is 28.3. The van der Waals surface area contributed by atoms with Gasteiger partial charge in [-0.2, -0.15) is 0 Å². The first kappa shape index (κ1) is 24.6. The average Bonchev–Trinajstić information content (AvgIpc) is 3.35. The quantitative estimate of drug-likeness (QED) is 0.325. The molecule has 3 N–H and O–H groups in total. The fourth-order valence-corrected chi connectivity index (χ4v) is 4.69. The molecule has 1 amide bonds. The van der Waals surface area contributed by atoms with Crippen molar-refractivity contribution in [1.29, 1.82) is 0 Å². The molecule has 6 nitrogen and oxygen atoms in total. The Bertz CT molecular complexity index is 1280. The molecule has 0 unspecified atom stereocenters. The van der Waals surface area contributed by atoms with E-state index in [-0.39, 0.29) is 36.6 Å². The Morgan fingerprint density at radius 3 is 2.43 bits per heavy atom. The fraction of sp³-hybridized carbons (Fsp3) is 0.192. The highest BCUT2D eigenvalue weighted by molar-refractivity contribution is 7.18. The van der Waals surface area contributed by atoms with Crippen molar-refractivity contribution in [1.82, 2.24) is 15.3 Å². The highest BCUT2D eigenvalue weighted by atomic mass is 32.1. The number of nitrogens with one attached hydrogen (secondary N) is 1. The number of aliphatic hydroxyl groups is 2. The summed E-state index contributed by atoms with van der Waals surface area (Å²) in [5.41, 5.74) is 1.52. The fourth-order valence-electron chi connectivity index (χ4n) is 3.71. The van der Waals surface area contributed by atoms with Crippen LogP contribution in [0.15, 0.2) is 73.1 Å². The van der Waals surface area contributed by atoms with Gasteiger partial charge in [-0.3, -0.25) is 9.78 Å². The largest absolute Gasteiger partial charge is 0.396 e. The van der Waals surface area contributed by atoms with Crippen molar-refractivity contribution in [2.75, 3.05) is 13.2 Å². The van der Waals surface area contributed by atoms with Gasteiger partial charge in [0.2, 0.25) is 0 Å². The van der Waals surface area contributed by atoms with Gasteiger partial charge in [-0.25, -0.2) is 13.8 Å². The minimum Gasteiger partial charge on any atom is -0.396 e. The summed E-state index contributed by atoms with van der Waals surface area (Å²) in [6, 6.07) is 14.8. The maximum Gasteiger partial charge on any atom is 0.252 e. The van der Waals surface area contributed by atoms with Gasteiger partial charge in [-0.15, -0.1) is 11.3 Å². The summed E-state index contributed by atoms with van der Waals surface area (Å²) in [7, 11) is 0. The van der Waals surface area contributed by atoms with Crippen LogP contribution in [-0.2, 0) is 6.42 Å². The second kappa shape index (κ2) is 11.3. The molecule has 1 atom stereocenters. The highest BCUT2D eigenvalue weighted by Gasteiger charge is 2.26. The number of halogens is 2. The SMILES string of the molecule is O=C(N[C@H](Cc1ccccn1)C(CO)CO)c1cccc(F)c1-c1ncc(-c2ccc(F)cc2)s1. The van der Waals surface area contributed by atoms with Crippen molar-refractivity contribution in [2.24, 2.45) is 5.92 Å². The summed E-state index contributed by atoms with van der Waals surface area (Å²) in [5, 5.41) is 22.6. The molecule has 9 heteroatoms. The lowest BCUT2D eigenvalue weighted by Gasteiger charge is -2.25. The number of aliphatic hydroxyl groups excluding tert-OH is 2. The van der Waals surface area contributed by atoms with E-state index >= 15 is 0 Å². The van der Waals surface area contributed by atoms with Crippen LogP contribution in [0.1, 0.15) is 16.1 Å². The molecule has 4 rings (SSSR count). The standard InChI is InChI=1S/C26H23F2N3O3S/c27-18-9-7-16(8-10-18)23-13-30-26(35-23)24-20(5-3-6-21(24)28)25(34)31-22(17(14-32)15-33)12-19-4-1-2-11-29-19/h1-11,13,17,22,32-33H,12,14-15H2,(H,31,34)/t22-/m1/s1. The van der Waals surface area contributed by atoms with E-state index in [2.05, 4.69) is 15.3 Å². The monoisotopic (exact) mass is 495 g/mol. The molecule has 35 heavy (non-hydrogen) atoms. The summed E-state index contributed by atoms with van der Waals surface area (Å²) in [6.07, 6.45) is 3.45. The first-order valence-electron chi connectivity index (χ1n) is 10.9. The predicted molar refractivity (Wildman–Crippen MR) is 130 cm³/mol. The Kier molecular flexibility index (Phi) is 7.91. The molecule has 2 heterocycles. The maximum atomic E-state index is 15.0. The van der Waals surface area contributed by atoms with Crippen LogP contribution in [-0.4, -0.2) is 45.3 Å². The number of benzene rings is 2. The number of pyridine rings is 1. The molecule has 0 fully saturated rings. The van der Waals surface area contributed by atoms with E-state index in [1.54, 1.807) is 42.7 Å². The Morgan fingerprint density at radius 1 is 0.971 bits per heavy atom. The molecule has 0 spiro atoms. The zero-order valence-corrected chi connectivity index (χ0v) is 19.4. The molecule has 0 saturated heterocycles. The first-order valence-corrected chi connectivity index (χ1v) is 11.7. The Morgan fingerprint density at radius 2 is 1.74 bits per heavy atom. The molecule has 4 aromatic rings. The Balaban J connectivity index is 1.64. The van der Waals surface area contributed by atoms with E-state index in [1.165, 1.54) is 41.7 Å². The Hall–Kier alpha value is -3.53. The van der Waals surface area contributed by atoms with Crippen LogP contribution < -0.4 is 5.32 Å². The molecule has 0 aliphatic rings. The second-order valence-electron chi connectivity index (χ2n) is 7.93. The molecule has 2 aromatic carbocycles. The molecule has 0 radical (unpaired) electrons. The van der Waals surface area contributed by atoms with Gasteiger partial charge in [-0.05, 0) is 42.0 Å². The van der Waals surface area contributed by atoms with Crippen molar-refractivity contribution in [3.05, 3.63) is 95.9 Å². The highest BCUT2D eigenvalue weighted by Crippen LogP contribution is 2.35. The van der Waals surface area contributed by atoms with E-state index in [4.69, 9.17) is 0 Å².